The van der Waals surface area contributed by atoms with E-state index in [-0.39, 0.29) is 10.2 Å². The van der Waals surface area contributed by atoms with Gasteiger partial charge >= 0.3 is 0 Å². The summed E-state index contributed by atoms with van der Waals surface area (Å²) >= 11 is 9.70. The Morgan fingerprint density at radius 2 is 1.89 bits per heavy atom. The number of hydrogen-bond donors (Lipinski definition) is 1. The first-order valence-corrected chi connectivity index (χ1v) is 10.2. The molecule has 0 aromatic heterocycles. The molecule has 0 unspecified atom stereocenters. The molecule has 1 aliphatic heterocycles. The van der Waals surface area contributed by atoms with E-state index in [4.69, 9.17) is 17.0 Å². The van der Waals surface area contributed by atoms with Crippen LogP contribution in [0.15, 0.2) is 70.6 Å². The van der Waals surface area contributed by atoms with E-state index in [0.717, 1.165) is 26.8 Å². The number of rotatable bonds is 6. The third-order valence-corrected chi connectivity index (χ3v) is 5.49. The van der Waals surface area contributed by atoms with Crippen LogP contribution in [0.2, 0.25) is 0 Å². The smallest absolute Gasteiger partial charge is 0.285 e. The monoisotopic (exact) mass is 474 g/mol. The highest BCUT2D eigenvalue weighted by atomic mass is 79.9. The average molecular weight is 475 g/mol. The van der Waals surface area contributed by atoms with Gasteiger partial charge < -0.3 is 4.74 Å². The molecule has 3 rings (SSSR count). The van der Waals surface area contributed by atoms with Crippen molar-refractivity contribution in [3.8, 4) is 5.75 Å². The summed E-state index contributed by atoms with van der Waals surface area (Å²) in [6, 6.07) is 14.1. The highest BCUT2D eigenvalue weighted by molar-refractivity contribution is 9.10. The summed E-state index contributed by atoms with van der Waals surface area (Å²) in [5, 5.41) is 1.10. The summed E-state index contributed by atoms with van der Waals surface area (Å²) in [6.07, 6.45) is 3.39. The van der Waals surface area contributed by atoms with Crippen LogP contribution in [-0.2, 0) is 4.79 Å². The standard InChI is InChI=1S/C20H15BrN2O3S2/c1-2-11-26-16-9-3-13(4-10-16)12-17-19(25)23(20(27)28-17)22-18(24)14-5-7-15(21)8-6-14/h2-10,12H,1,11H2,(H,22,24)/b17-12+. The molecule has 1 N–H and O–H groups in total. The van der Waals surface area contributed by atoms with E-state index in [1.54, 1.807) is 36.4 Å². The number of hydrazine groups is 1. The van der Waals surface area contributed by atoms with E-state index in [0.29, 0.717) is 22.8 Å². The van der Waals surface area contributed by atoms with Gasteiger partial charge in [0.1, 0.15) is 12.4 Å². The lowest BCUT2D eigenvalue weighted by Crippen LogP contribution is -2.44. The number of carbonyl (C=O) groups excluding carboxylic acids is 2. The molecule has 1 fully saturated rings. The molecule has 1 saturated heterocycles. The fourth-order valence-electron chi connectivity index (χ4n) is 2.30. The normalized spacial score (nSPS) is 15.0. The molecule has 8 heteroatoms. The van der Waals surface area contributed by atoms with Crippen LogP contribution in [0.25, 0.3) is 6.08 Å². The van der Waals surface area contributed by atoms with Gasteiger partial charge in [-0.15, -0.1) is 0 Å². The maximum atomic E-state index is 12.6. The van der Waals surface area contributed by atoms with Crippen molar-refractivity contribution >= 4 is 62.1 Å². The van der Waals surface area contributed by atoms with Crippen molar-refractivity contribution in [2.24, 2.45) is 0 Å². The largest absolute Gasteiger partial charge is 0.490 e. The van der Waals surface area contributed by atoms with Crippen molar-refractivity contribution in [2.45, 2.75) is 0 Å². The summed E-state index contributed by atoms with van der Waals surface area (Å²) in [5.74, 6) is -0.0624. The third kappa shape index (κ3) is 4.89. The number of nitrogens with zero attached hydrogens (tertiary/aromatic N) is 1. The number of amides is 2. The van der Waals surface area contributed by atoms with Crippen molar-refractivity contribution < 1.29 is 14.3 Å². The van der Waals surface area contributed by atoms with Gasteiger partial charge in [0.25, 0.3) is 11.8 Å². The molecule has 1 heterocycles. The molecule has 0 radical (unpaired) electrons. The Kier molecular flexibility index (Phi) is 6.66. The first-order valence-electron chi connectivity index (χ1n) is 8.16. The zero-order chi connectivity index (χ0) is 20.1. The number of hydrogen-bond acceptors (Lipinski definition) is 5. The summed E-state index contributed by atoms with van der Waals surface area (Å²) in [7, 11) is 0. The van der Waals surface area contributed by atoms with E-state index in [1.165, 1.54) is 0 Å². The summed E-state index contributed by atoms with van der Waals surface area (Å²) in [5.41, 5.74) is 3.81. The highest BCUT2D eigenvalue weighted by Crippen LogP contribution is 2.31. The van der Waals surface area contributed by atoms with E-state index >= 15 is 0 Å². The molecule has 0 bridgehead atoms. The predicted octanol–water partition coefficient (Wildman–Crippen LogP) is 4.56. The Bertz CT molecular complexity index is 956. The molecule has 2 amide bonds. The number of benzene rings is 2. The number of thiocarbonyl (C=S) groups is 1. The average Bonchev–Trinajstić information content (AvgIpc) is 2.95. The van der Waals surface area contributed by atoms with Crippen molar-refractivity contribution in [3.05, 3.63) is 81.7 Å². The topological polar surface area (TPSA) is 58.6 Å². The summed E-state index contributed by atoms with van der Waals surface area (Å²) < 4.78 is 6.57. The molecule has 0 spiro atoms. The lowest BCUT2D eigenvalue weighted by molar-refractivity contribution is -0.123. The minimum atomic E-state index is -0.409. The summed E-state index contributed by atoms with van der Waals surface area (Å²) in [4.78, 5) is 25.4. The number of ether oxygens (including phenoxy) is 1. The van der Waals surface area contributed by atoms with Gasteiger partial charge in [-0.2, -0.15) is 5.01 Å². The Balaban J connectivity index is 1.70. The first-order chi connectivity index (χ1) is 13.5. The zero-order valence-electron chi connectivity index (χ0n) is 14.6. The van der Waals surface area contributed by atoms with Crippen LogP contribution in [0.5, 0.6) is 5.75 Å². The minimum Gasteiger partial charge on any atom is -0.490 e. The van der Waals surface area contributed by atoms with Crippen LogP contribution in [0, 0.1) is 0 Å². The number of thioether (sulfide) groups is 1. The van der Waals surface area contributed by atoms with Crippen molar-refractivity contribution in [3.63, 3.8) is 0 Å². The van der Waals surface area contributed by atoms with Crippen LogP contribution >= 0.6 is 39.9 Å². The highest BCUT2D eigenvalue weighted by Gasteiger charge is 2.33. The van der Waals surface area contributed by atoms with E-state index in [1.807, 2.05) is 24.3 Å². The van der Waals surface area contributed by atoms with Crippen molar-refractivity contribution in [2.75, 3.05) is 6.61 Å². The van der Waals surface area contributed by atoms with E-state index < -0.39 is 5.91 Å². The lowest BCUT2D eigenvalue weighted by Gasteiger charge is -2.15. The number of nitrogens with one attached hydrogen (secondary N) is 1. The number of halogens is 1. The SMILES string of the molecule is C=CCOc1ccc(/C=C2/SC(=S)N(NC(=O)c3ccc(Br)cc3)C2=O)cc1. The van der Waals surface area contributed by atoms with Gasteiger partial charge in [0.15, 0.2) is 4.32 Å². The Labute approximate surface area is 180 Å². The summed E-state index contributed by atoms with van der Waals surface area (Å²) in [6.45, 7) is 4.03. The Morgan fingerprint density at radius 3 is 2.54 bits per heavy atom. The predicted molar refractivity (Wildman–Crippen MR) is 119 cm³/mol. The Morgan fingerprint density at radius 1 is 1.21 bits per heavy atom. The molecule has 142 valence electrons. The fourth-order valence-corrected chi connectivity index (χ4v) is 3.74. The zero-order valence-corrected chi connectivity index (χ0v) is 17.8. The maximum absolute atomic E-state index is 12.6. The van der Waals surface area contributed by atoms with Gasteiger partial charge in [-0.05, 0) is 60.3 Å². The van der Waals surface area contributed by atoms with Crippen LogP contribution in [0.3, 0.4) is 0 Å². The van der Waals surface area contributed by atoms with Crippen LogP contribution in [-0.4, -0.2) is 27.8 Å². The molecule has 1 aliphatic rings. The Hall–Kier alpha value is -2.42. The van der Waals surface area contributed by atoms with E-state index in [2.05, 4.69) is 27.9 Å². The second-order valence-electron chi connectivity index (χ2n) is 5.63. The minimum absolute atomic E-state index is 0.271. The van der Waals surface area contributed by atoms with Gasteiger partial charge in [-0.1, -0.05) is 52.5 Å². The second-order valence-corrected chi connectivity index (χ2v) is 8.23. The van der Waals surface area contributed by atoms with Crippen molar-refractivity contribution in [1.82, 2.24) is 10.4 Å². The molecule has 5 nitrogen and oxygen atoms in total. The maximum Gasteiger partial charge on any atom is 0.285 e. The van der Waals surface area contributed by atoms with E-state index in [9.17, 15) is 9.59 Å². The van der Waals surface area contributed by atoms with Crippen LogP contribution in [0.1, 0.15) is 15.9 Å². The fraction of sp³-hybridized carbons (Fsp3) is 0.0500. The molecular weight excluding hydrogens is 460 g/mol. The van der Waals surface area contributed by atoms with Gasteiger partial charge in [0.05, 0.1) is 4.91 Å². The van der Waals surface area contributed by atoms with Gasteiger partial charge in [-0.25, -0.2) is 0 Å². The first kappa shape index (κ1) is 20.3. The molecule has 0 atom stereocenters. The lowest BCUT2D eigenvalue weighted by atomic mass is 10.2. The molecular formula is C20H15BrN2O3S2. The van der Waals surface area contributed by atoms with Gasteiger partial charge in [-0.3, -0.25) is 15.0 Å². The molecule has 2 aromatic carbocycles. The van der Waals surface area contributed by atoms with Gasteiger partial charge in [0, 0.05) is 10.0 Å². The molecule has 28 heavy (non-hydrogen) atoms. The van der Waals surface area contributed by atoms with Crippen molar-refractivity contribution in [1.29, 1.82) is 0 Å². The molecule has 0 aliphatic carbocycles. The third-order valence-electron chi connectivity index (χ3n) is 3.66. The molecule has 2 aromatic rings. The number of carbonyl (C=O) groups is 2. The van der Waals surface area contributed by atoms with Gasteiger partial charge in [0.2, 0.25) is 0 Å². The second kappa shape index (κ2) is 9.18. The quantitative estimate of drug-likeness (QED) is 0.377. The van der Waals surface area contributed by atoms with Crippen LogP contribution in [0.4, 0.5) is 0 Å². The van der Waals surface area contributed by atoms with Crippen LogP contribution < -0.4 is 10.2 Å². The molecule has 0 saturated carbocycles.